The first-order valence-corrected chi connectivity index (χ1v) is 10.4. The van der Waals surface area contributed by atoms with Crippen LogP contribution in [-0.4, -0.2) is 60.1 Å². The van der Waals surface area contributed by atoms with E-state index >= 15 is 0 Å². The number of hydrogen-bond acceptors (Lipinski definition) is 6. The molecule has 1 unspecified atom stereocenters. The van der Waals surface area contributed by atoms with Crippen LogP contribution in [0.25, 0.3) is 0 Å². The van der Waals surface area contributed by atoms with Crippen molar-refractivity contribution < 1.29 is 22.5 Å². The van der Waals surface area contributed by atoms with Gasteiger partial charge >= 0.3 is 0 Å². The Bertz CT molecular complexity index is 797. The fourth-order valence-electron chi connectivity index (χ4n) is 3.62. The minimum Gasteiger partial charge on any atom is -0.361 e. The first-order valence-electron chi connectivity index (χ1n) is 8.79. The third kappa shape index (κ3) is 3.75. The predicted octanol–water partition coefficient (Wildman–Crippen LogP) is 0.176. The van der Waals surface area contributed by atoms with Crippen molar-refractivity contribution in [3.8, 4) is 0 Å². The second-order valence-corrected chi connectivity index (χ2v) is 9.28. The van der Waals surface area contributed by atoms with Crippen LogP contribution in [0.1, 0.15) is 48.9 Å². The number of amides is 2. The molecule has 144 valence electrons. The van der Waals surface area contributed by atoms with Crippen LogP contribution >= 0.6 is 0 Å². The number of carbonyl (C=O) groups excluding carboxylic acids is 2. The highest BCUT2D eigenvalue weighted by molar-refractivity contribution is 7.89. The summed E-state index contributed by atoms with van der Waals surface area (Å²) in [4.78, 5) is 25.1. The lowest BCUT2D eigenvalue weighted by Gasteiger charge is -2.32. The van der Waals surface area contributed by atoms with E-state index in [-0.39, 0.29) is 30.4 Å². The lowest BCUT2D eigenvalue weighted by molar-refractivity contribution is -0.124. The van der Waals surface area contributed by atoms with E-state index in [4.69, 9.17) is 4.52 Å². The second-order valence-electron chi connectivity index (χ2n) is 7.02. The SMILES string of the molecule is CCS(=O)(=O)N1CC(NC(=O)c2cc(C)on2)C(=O)NC2(CCCC2)C1. The third-order valence-corrected chi connectivity index (χ3v) is 6.85. The third-order valence-electron chi connectivity index (χ3n) is 5.05. The molecule has 2 amide bonds. The molecule has 1 aliphatic carbocycles. The highest BCUT2D eigenvalue weighted by Gasteiger charge is 2.45. The van der Waals surface area contributed by atoms with Crippen LogP contribution in [0.15, 0.2) is 10.6 Å². The van der Waals surface area contributed by atoms with Gasteiger partial charge in [-0.2, -0.15) is 4.31 Å². The summed E-state index contributed by atoms with van der Waals surface area (Å²) in [6.45, 7) is 3.38. The topological polar surface area (TPSA) is 122 Å². The zero-order chi connectivity index (χ0) is 18.9. The number of sulfonamides is 1. The lowest BCUT2D eigenvalue weighted by atomic mass is 9.98. The molecule has 0 bridgehead atoms. The second kappa shape index (κ2) is 6.99. The van der Waals surface area contributed by atoms with Gasteiger partial charge in [0.2, 0.25) is 15.9 Å². The first kappa shape index (κ1) is 18.8. The molecule has 2 fully saturated rings. The van der Waals surface area contributed by atoms with Crippen LogP contribution in [0.2, 0.25) is 0 Å². The van der Waals surface area contributed by atoms with Crippen LogP contribution in [0.3, 0.4) is 0 Å². The maximum atomic E-state index is 12.7. The molecule has 1 saturated heterocycles. The largest absolute Gasteiger partial charge is 0.361 e. The molecule has 0 aromatic carbocycles. The van der Waals surface area contributed by atoms with Crippen molar-refractivity contribution in [2.75, 3.05) is 18.8 Å². The summed E-state index contributed by atoms with van der Waals surface area (Å²) < 4.78 is 31.2. The molecule has 1 aromatic heterocycles. The smallest absolute Gasteiger partial charge is 0.274 e. The van der Waals surface area contributed by atoms with E-state index in [0.717, 1.165) is 25.7 Å². The maximum absolute atomic E-state index is 12.7. The highest BCUT2D eigenvalue weighted by atomic mass is 32.2. The molecule has 1 aliphatic heterocycles. The molecule has 9 nitrogen and oxygen atoms in total. The van der Waals surface area contributed by atoms with Gasteiger partial charge in [-0.1, -0.05) is 18.0 Å². The normalized spacial score (nSPS) is 23.6. The minimum atomic E-state index is -3.51. The molecule has 1 aromatic rings. The van der Waals surface area contributed by atoms with Gasteiger partial charge in [0.1, 0.15) is 11.8 Å². The van der Waals surface area contributed by atoms with Gasteiger partial charge in [0.25, 0.3) is 5.91 Å². The summed E-state index contributed by atoms with van der Waals surface area (Å²) in [5.74, 6) is -0.520. The van der Waals surface area contributed by atoms with Gasteiger partial charge in [0.15, 0.2) is 5.69 Å². The predicted molar refractivity (Wildman–Crippen MR) is 92.9 cm³/mol. The van der Waals surface area contributed by atoms with E-state index < -0.39 is 27.5 Å². The summed E-state index contributed by atoms with van der Waals surface area (Å²) >= 11 is 0. The monoisotopic (exact) mass is 384 g/mol. The molecule has 2 heterocycles. The Morgan fingerprint density at radius 2 is 2.15 bits per heavy atom. The summed E-state index contributed by atoms with van der Waals surface area (Å²) in [7, 11) is -3.51. The number of carbonyl (C=O) groups is 2. The molecule has 1 saturated carbocycles. The van der Waals surface area contributed by atoms with Gasteiger partial charge in [-0.3, -0.25) is 9.59 Å². The standard InChI is InChI=1S/C16H24N4O5S/c1-3-26(23,24)20-9-13(17-14(21)12-8-11(2)25-19-12)15(22)18-16(10-20)6-4-5-7-16/h8,13H,3-7,9-10H2,1-2H3,(H,17,21)(H,18,22). The van der Waals surface area contributed by atoms with Gasteiger partial charge in [-0.15, -0.1) is 0 Å². The Hall–Kier alpha value is -1.94. The number of aromatic nitrogens is 1. The Labute approximate surface area is 152 Å². The van der Waals surface area contributed by atoms with Crippen molar-refractivity contribution in [3.63, 3.8) is 0 Å². The van der Waals surface area contributed by atoms with Crippen LogP contribution in [0.4, 0.5) is 0 Å². The zero-order valence-corrected chi connectivity index (χ0v) is 15.8. The Balaban J connectivity index is 1.84. The molecule has 2 aliphatic rings. The molecule has 1 atom stereocenters. The van der Waals surface area contributed by atoms with Gasteiger partial charge < -0.3 is 15.2 Å². The van der Waals surface area contributed by atoms with Gasteiger partial charge in [-0.25, -0.2) is 8.42 Å². The van der Waals surface area contributed by atoms with Crippen LogP contribution in [0, 0.1) is 6.92 Å². The number of aryl methyl sites for hydroxylation is 1. The lowest BCUT2D eigenvalue weighted by Crippen LogP contribution is -2.54. The average molecular weight is 384 g/mol. The fraction of sp³-hybridized carbons (Fsp3) is 0.688. The van der Waals surface area contributed by atoms with Gasteiger partial charge in [-0.05, 0) is 26.7 Å². The zero-order valence-electron chi connectivity index (χ0n) is 14.9. The van der Waals surface area contributed by atoms with Crippen LogP contribution in [0.5, 0.6) is 0 Å². The molecular formula is C16H24N4O5S. The maximum Gasteiger partial charge on any atom is 0.274 e. The van der Waals surface area contributed by atoms with Gasteiger partial charge in [0, 0.05) is 19.2 Å². The molecule has 26 heavy (non-hydrogen) atoms. The summed E-state index contributed by atoms with van der Waals surface area (Å²) in [5, 5.41) is 9.21. The fourth-order valence-corrected chi connectivity index (χ4v) is 4.81. The van der Waals surface area contributed by atoms with E-state index in [1.54, 1.807) is 13.8 Å². The van der Waals surface area contributed by atoms with Crippen molar-refractivity contribution in [2.45, 2.75) is 51.1 Å². The molecule has 3 rings (SSSR count). The van der Waals surface area contributed by atoms with Crippen molar-refractivity contribution in [2.24, 2.45) is 0 Å². The molecule has 1 spiro atoms. The van der Waals surface area contributed by atoms with E-state index in [1.807, 2.05) is 0 Å². The van der Waals surface area contributed by atoms with Crippen LogP contribution in [-0.2, 0) is 14.8 Å². The average Bonchev–Trinajstić information content (AvgIpc) is 3.19. The van der Waals surface area contributed by atoms with Crippen LogP contribution < -0.4 is 10.6 Å². The van der Waals surface area contributed by atoms with E-state index in [1.165, 1.54) is 10.4 Å². The van der Waals surface area contributed by atoms with Gasteiger partial charge in [0.05, 0.1) is 11.3 Å². The molecule has 10 heteroatoms. The summed E-state index contributed by atoms with van der Waals surface area (Å²) in [5.41, 5.74) is -0.497. The molecule has 0 radical (unpaired) electrons. The van der Waals surface area contributed by atoms with Crippen molar-refractivity contribution >= 4 is 21.8 Å². The molecular weight excluding hydrogens is 360 g/mol. The Kier molecular flexibility index (Phi) is 5.07. The van der Waals surface area contributed by atoms with Crippen molar-refractivity contribution in [1.82, 2.24) is 20.1 Å². The quantitative estimate of drug-likeness (QED) is 0.763. The van der Waals surface area contributed by atoms with Crippen molar-refractivity contribution in [3.05, 3.63) is 17.5 Å². The highest BCUT2D eigenvalue weighted by Crippen LogP contribution is 2.32. The molecule has 2 N–H and O–H groups in total. The number of nitrogens with one attached hydrogen (secondary N) is 2. The number of hydrogen-bond donors (Lipinski definition) is 2. The summed E-state index contributed by atoms with van der Waals surface area (Å²) in [6, 6.07) is 0.476. The van der Waals surface area contributed by atoms with E-state index in [9.17, 15) is 18.0 Å². The summed E-state index contributed by atoms with van der Waals surface area (Å²) in [6.07, 6.45) is 3.35. The minimum absolute atomic E-state index is 0.0551. The Morgan fingerprint density at radius 3 is 2.73 bits per heavy atom. The Morgan fingerprint density at radius 1 is 1.46 bits per heavy atom. The van der Waals surface area contributed by atoms with Crippen molar-refractivity contribution in [1.29, 1.82) is 0 Å². The van der Waals surface area contributed by atoms with E-state index in [2.05, 4.69) is 15.8 Å². The van der Waals surface area contributed by atoms with E-state index in [0.29, 0.717) is 5.76 Å². The first-order chi connectivity index (χ1) is 12.2. The number of rotatable bonds is 4. The number of nitrogens with zero attached hydrogens (tertiary/aromatic N) is 2.